The number of aromatic hydroxyl groups is 1. The van der Waals surface area contributed by atoms with Crippen LogP contribution in [0.5, 0.6) is 11.6 Å². The van der Waals surface area contributed by atoms with Crippen LogP contribution in [0, 0.1) is 5.92 Å². The molecule has 3 heterocycles. The first-order chi connectivity index (χ1) is 19.9. The van der Waals surface area contributed by atoms with Crippen molar-refractivity contribution in [3.8, 4) is 11.6 Å². The maximum Gasteiger partial charge on any atom is 0.308 e. The van der Waals surface area contributed by atoms with Crippen molar-refractivity contribution in [2.24, 2.45) is 5.92 Å². The standard InChI is InChI=1S/C32H41N3O6/c1-2-3-13-33(14-6-16-36)29(37)21-35-20-26(22-9-10-28-23(18-22)12-17-41-28)30(32(39)40)27(35)11-15-34-19-24-7-4-5-8-25(24)31(34)38/h4-5,7-10,18-19,26-27,30,36,38H,2-3,6,11-17,20-21H2,1H3,(H,39,40)/t26-,27+,30-/m1/s1. The number of hydrogen-bond donors (Lipinski definition) is 3. The lowest BCUT2D eigenvalue weighted by molar-refractivity contribution is -0.144. The van der Waals surface area contributed by atoms with Crippen molar-refractivity contribution in [1.82, 2.24) is 14.4 Å². The number of rotatable bonds is 13. The molecule has 1 fully saturated rings. The van der Waals surface area contributed by atoms with E-state index in [1.807, 2.05) is 47.5 Å². The Labute approximate surface area is 240 Å². The first kappa shape index (κ1) is 29.0. The molecule has 0 saturated carbocycles. The largest absolute Gasteiger partial charge is 0.494 e. The van der Waals surface area contributed by atoms with Gasteiger partial charge in [0.15, 0.2) is 5.88 Å². The number of carbonyl (C=O) groups excluding carboxylic acids is 1. The van der Waals surface area contributed by atoms with Crippen LogP contribution in [0.25, 0.3) is 10.8 Å². The molecule has 5 rings (SSSR count). The number of aliphatic hydroxyl groups excluding tert-OH is 1. The van der Waals surface area contributed by atoms with Crippen LogP contribution in [0.2, 0.25) is 0 Å². The zero-order chi connectivity index (χ0) is 28.9. The van der Waals surface area contributed by atoms with Gasteiger partial charge in [0.1, 0.15) is 5.75 Å². The van der Waals surface area contributed by atoms with Crippen LogP contribution in [0.4, 0.5) is 0 Å². The number of amides is 1. The quantitative estimate of drug-likeness (QED) is 0.289. The second-order valence-corrected chi connectivity index (χ2v) is 11.3. The average molecular weight is 564 g/mol. The predicted molar refractivity (Wildman–Crippen MR) is 156 cm³/mol. The Morgan fingerprint density at radius 1 is 1.12 bits per heavy atom. The molecule has 0 unspecified atom stereocenters. The molecule has 1 amide bonds. The third-order valence-corrected chi connectivity index (χ3v) is 8.67. The Bertz CT molecular complexity index is 1360. The number of aryl methyl sites for hydroxylation is 1. The van der Waals surface area contributed by atoms with E-state index in [0.29, 0.717) is 45.6 Å². The summed E-state index contributed by atoms with van der Waals surface area (Å²) in [6, 6.07) is 13.2. The summed E-state index contributed by atoms with van der Waals surface area (Å²) >= 11 is 0. The van der Waals surface area contributed by atoms with E-state index >= 15 is 0 Å². The first-order valence-corrected chi connectivity index (χ1v) is 14.8. The smallest absolute Gasteiger partial charge is 0.308 e. The molecular weight excluding hydrogens is 522 g/mol. The number of ether oxygens (including phenoxy) is 1. The maximum absolute atomic E-state index is 13.6. The Balaban J connectivity index is 1.43. The third-order valence-electron chi connectivity index (χ3n) is 8.67. The summed E-state index contributed by atoms with van der Waals surface area (Å²) in [5.41, 5.74) is 2.05. The highest BCUT2D eigenvalue weighted by Crippen LogP contribution is 2.41. The van der Waals surface area contributed by atoms with E-state index in [1.54, 1.807) is 9.47 Å². The van der Waals surface area contributed by atoms with Crippen molar-refractivity contribution >= 4 is 22.6 Å². The van der Waals surface area contributed by atoms with E-state index in [2.05, 4.69) is 13.0 Å². The van der Waals surface area contributed by atoms with Gasteiger partial charge in [0, 0.05) is 68.1 Å². The van der Waals surface area contributed by atoms with E-state index in [9.17, 15) is 24.9 Å². The number of aromatic nitrogens is 1. The number of carbonyl (C=O) groups is 2. The Kier molecular flexibility index (Phi) is 9.15. The Morgan fingerprint density at radius 3 is 2.68 bits per heavy atom. The second-order valence-electron chi connectivity index (χ2n) is 11.3. The highest BCUT2D eigenvalue weighted by atomic mass is 16.5. The minimum atomic E-state index is -0.878. The number of fused-ring (bicyclic) bond motifs is 2. The van der Waals surface area contributed by atoms with Crippen LogP contribution in [0.1, 0.15) is 49.7 Å². The molecule has 9 heteroatoms. The minimum Gasteiger partial charge on any atom is -0.494 e. The molecule has 2 aliphatic rings. The van der Waals surface area contributed by atoms with Crippen LogP contribution in [-0.4, -0.2) is 87.0 Å². The SMILES string of the molecule is CCCCN(CCCO)C(=O)CN1C[C@H](c2ccc3c(c2)CCO3)[C@@H](C(=O)O)[C@@H]1CCn1cc2ccccc2c1O. The lowest BCUT2D eigenvalue weighted by Gasteiger charge is -2.30. The molecular formula is C32H41N3O6. The number of hydrogen-bond acceptors (Lipinski definition) is 6. The first-order valence-electron chi connectivity index (χ1n) is 14.8. The van der Waals surface area contributed by atoms with Crippen LogP contribution < -0.4 is 4.74 Å². The van der Waals surface area contributed by atoms with Gasteiger partial charge in [-0.2, -0.15) is 0 Å². The topological polar surface area (TPSA) is 115 Å². The van der Waals surface area contributed by atoms with Gasteiger partial charge >= 0.3 is 5.97 Å². The number of nitrogens with zero attached hydrogens (tertiary/aromatic N) is 3. The summed E-state index contributed by atoms with van der Waals surface area (Å²) < 4.78 is 7.45. The van der Waals surface area contributed by atoms with Crippen LogP contribution in [-0.2, 0) is 22.6 Å². The minimum absolute atomic E-state index is 0.0160. The fourth-order valence-corrected chi connectivity index (χ4v) is 6.51. The lowest BCUT2D eigenvalue weighted by Crippen LogP contribution is -2.45. The summed E-state index contributed by atoms with van der Waals surface area (Å²) in [5, 5.41) is 32.4. The molecule has 1 aromatic heterocycles. The molecule has 2 aliphatic heterocycles. The molecule has 1 saturated heterocycles. The normalized spacial score (nSPS) is 20.3. The number of benzene rings is 2. The van der Waals surface area contributed by atoms with Crippen molar-refractivity contribution in [2.75, 3.05) is 39.4 Å². The van der Waals surface area contributed by atoms with Gasteiger partial charge in [0.05, 0.1) is 19.1 Å². The van der Waals surface area contributed by atoms with Crippen LogP contribution >= 0.6 is 0 Å². The van der Waals surface area contributed by atoms with Gasteiger partial charge in [-0.15, -0.1) is 0 Å². The van der Waals surface area contributed by atoms with E-state index in [4.69, 9.17) is 4.74 Å². The van der Waals surface area contributed by atoms with Crippen molar-refractivity contribution in [1.29, 1.82) is 0 Å². The number of aliphatic hydroxyl groups is 1. The van der Waals surface area contributed by atoms with E-state index in [0.717, 1.165) is 46.9 Å². The van der Waals surface area contributed by atoms with Gasteiger partial charge in [0.2, 0.25) is 5.91 Å². The van der Waals surface area contributed by atoms with Crippen molar-refractivity contribution < 1.29 is 29.6 Å². The molecule has 0 aliphatic carbocycles. The molecule has 3 N–H and O–H groups in total. The van der Waals surface area contributed by atoms with Gasteiger partial charge in [-0.3, -0.25) is 14.5 Å². The molecule has 41 heavy (non-hydrogen) atoms. The van der Waals surface area contributed by atoms with E-state index in [1.165, 1.54) is 0 Å². The average Bonchev–Trinajstić information content (AvgIpc) is 3.67. The van der Waals surface area contributed by atoms with Crippen molar-refractivity contribution in [2.45, 2.75) is 57.5 Å². The molecule has 220 valence electrons. The summed E-state index contributed by atoms with van der Waals surface area (Å²) in [4.78, 5) is 30.3. The number of likely N-dealkylation sites (tertiary alicyclic amines) is 1. The highest BCUT2D eigenvalue weighted by molar-refractivity contribution is 5.87. The lowest BCUT2D eigenvalue weighted by atomic mass is 9.83. The number of carboxylic acid groups (broad SMARTS) is 1. The fourth-order valence-electron chi connectivity index (χ4n) is 6.51. The van der Waals surface area contributed by atoms with Gasteiger partial charge in [-0.25, -0.2) is 0 Å². The zero-order valence-corrected chi connectivity index (χ0v) is 23.7. The van der Waals surface area contributed by atoms with Gasteiger partial charge < -0.3 is 29.5 Å². The van der Waals surface area contributed by atoms with Gasteiger partial charge in [-0.05, 0) is 42.5 Å². The molecule has 0 radical (unpaired) electrons. The molecule has 2 aromatic carbocycles. The number of carboxylic acids is 1. The van der Waals surface area contributed by atoms with E-state index < -0.39 is 17.9 Å². The number of aliphatic carboxylic acids is 1. The Morgan fingerprint density at radius 2 is 1.93 bits per heavy atom. The zero-order valence-electron chi connectivity index (χ0n) is 23.7. The molecule has 9 nitrogen and oxygen atoms in total. The van der Waals surface area contributed by atoms with Crippen LogP contribution in [0.15, 0.2) is 48.7 Å². The molecule has 3 atom stereocenters. The molecule has 0 spiro atoms. The monoisotopic (exact) mass is 563 g/mol. The summed E-state index contributed by atoms with van der Waals surface area (Å²) in [6.45, 7) is 4.82. The van der Waals surface area contributed by atoms with E-state index in [-0.39, 0.29) is 30.9 Å². The fraction of sp³-hybridized carbons (Fsp3) is 0.500. The Hall–Kier alpha value is -3.56. The van der Waals surface area contributed by atoms with Gasteiger partial charge in [0.25, 0.3) is 0 Å². The summed E-state index contributed by atoms with van der Waals surface area (Å²) in [6.07, 6.45) is 5.50. The molecule has 3 aromatic rings. The van der Waals surface area contributed by atoms with Crippen molar-refractivity contribution in [3.05, 3.63) is 59.8 Å². The highest BCUT2D eigenvalue weighted by Gasteiger charge is 2.47. The summed E-state index contributed by atoms with van der Waals surface area (Å²) in [7, 11) is 0. The summed E-state index contributed by atoms with van der Waals surface area (Å²) in [5.74, 6) is -0.895. The second kappa shape index (κ2) is 13.0. The number of unbranched alkanes of at least 4 members (excludes halogenated alkanes) is 1. The maximum atomic E-state index is 13.6. The predicted octanol–water partition coefficient (Wildman–Crippen LogP) is 3.85. The third kappa shape index (κ3) is 6.21. The molecule has 0 bridgehead atoms. The van der Waals surface area contributed by atoms with Gasteiger partial charge in [-0.1, -0.05) is 43.7 Å². The van der Waals surface area contributed by atoms with Crippen LogP contribution in [0.3, 0.4) is 0 Å². The van der Waals surface area contributed by atoms with Crippen molar-refractivity contribution in [3.63, 3.8) is 0 Å².